The molecule has 0 aliphatic rings. The number of nitrogens with one attached hydrogen (secondary N) is 4. The number of nitro benzene ring substituents is 1. The molecule has 0 aliphatic heterocycles. The lowest BCUT2D eigenvalue weighted by atomic mass is 10.1. The van der Waals surface area contributed by atoms with Gasteiger partial charge in [-0.05, 0) is 62.3 Å². The van der Waals surface area contributed by atoms with Crippen molar-refractivity contribution in [3.63, 3.8) is 0 Å². The summed E-state index contributed by atoms with van der Waals surface area (Å²) in [5.41, 5.74) is 0.728. The maximum atomic E-state index is 12.6. The number of carboxylic acids is 1. The van der Waals surface area contributed by atoms with Crippen LogP contribution in [0.3, 0.4) is 0 Å². The summed E-state index contributed by atoms with van der Waals surface area (Å²) >= 11 is 0. The normalized spacial score (nSPS) is 12.9. The molecule has 17 nitrogen and oxygen atoms in total. The molecule has 1 aromatic heterocycles. The van der Waals surface area contributed by atoms with Gasteiger partial charge in [-0.3, -0.25) is 24.5 Å². The molecule has 2 rings (SSSR count). The topological polar surface area (TPSA) is 245 Å². The van der Waals surface area contributed by atoms with Gasteiger partial charge >= 0.3 is 17.6 Å². The van der Waals surface area contributed by atoms with Crippen molar-refractivity contribution in [1.82, 2.24) is 26.3 Å². The van der Waals surface area contributed by atoms with Crippen LogP contribution in [0.2, 0.25) is 0 Å². The number of esters is 1. The van der Waals surface area contributed by atoms with E-state index in [-0.39, 0.29) is 29.0 Å². The summed E-state index contributed by atoms with van der Waals surface area (Å²) in [6.07, 6.45) is 2.44. The second-order valence-electron chi connectivity index (χ2n) is 9.83. The molecule has 5 N–H and O–H groups in total. The van der Waals surface area contributed by atoms with Gasteiger partial charge in [-0.2, -0.15) is 0 Å². The minimum Gasteiger partial charge on any atom is -0.479 e. The van der Waals surface area contributed by atoms with Crippen molar-refractivity contribution in [2.75, 3.05) is 18.4 Å². The molecule has 0 saturated heterocycles. The van der Waals surface area contributed by atoms with Crippen LogP contribution in [0.15, 0.2) is 16.8 Å². The number of benzene rings is 1. The molecule has 0 bridgehead atoms. The van der Waals surface area contributed by atoms with E-state index >= 15 is 0 Å². The highest BCUT2D eigenvalue weighted by Gasteiger charge is 2.26. The summed E-state index contributed by atoms with van der Waals surface area (Å²) in [5.74, 6) is -3.40. The lowest BCUT2D eigenvalue weighted by Crippen LogP contribution is -2.51. The Morgan fingerprint density at radius 3 is 2.37 bits per heavy atom. The molecule has 0 spiro atoms. The number of hydrogen-bond acceptors (Lipinski definition) is 12. The van der Waals surface area contributed by atoms with E-state index in [0.717, 1.165) is 12.8 Å². The summed E-state index contributed by atoms with van der Waals surface area (Å²) in [6, 6.07) is 0.839. The second-order valence-corrected chi connectivity index (χ2v) is 9.83. The third-order valence-electron chi connectivity index (χ3n) is 6.28. The Morgan fingerprint density at radius 1 is 1.00 bits per heavy atom. The number of hydrogen-bond donors (Lipinski definition) is 5. The zero-order valence-electron chi connectivity index (χ0n) is 24.2. The van der Waals surface area contributed by atoms with Gasteiger partial charge in [0.15, 0.2) is 11.6 Å². The van der Waals surface area contributed by atoms with Gasteiger partial charge in [-0.25, -0.2) is 14.2 Å². The van der Waals surface area contributed by atoms with Crippen molar-refractivity contribution in [3.8, 4) is 0 Å². The molecule has 3 amide bonds. The monoisotopic (exact) mass is 607 g/mol. The van der Waals surface area contributed by atoms with Gasteiger partial charge in [0, 0.05) is 32.5 Å². The molecule has 0 unspecified atom stereocenters. The molecule has 43 heavy (non-hydrogen) atoms. The van der Waals surface area contributed by atoms with Gasteiger partial charge in [0.2, 0.25) is 23.2 Å². The Kier molecular flexibility index (Phi) is 13.7. The number of rotatable bonds is 19. The van der Waals surface area contributed by atoms with E-state index in [0.29, 0.717) is 44.5 Å². The van der Waals surface area contributed by atoms with Gasteiger partial charge in [-0.1, -0.05) is 6.42 Å². The van der Waals surface area contributed by atoms with E-state index < -0.39 is 46.9 Å². The van der Waals surface area contributed by atoms with Gasteiger partial charge in [-0.15, -0.1) is 0 Å². The van der Waals surface area contributed by atoms with Crippen LogP contribution in [-0.2, 0) is 28.7 Å². The second kappa shape index (κ2) is 17.2. The Bertz CT molecular complexity index is 1300. The smallest absolute Gasteiger partial charge is 0.344 e. The average molecular weight is 608 g/mol. The number of carboxylic acid groups (broad SMARTS) is 1. The van der Waals surface area contributed by atoms with Crippen LogP contribution in [0, 0.1) is 10.1 Å². The predicted molar refractivity (Wildman–Crippen MR) is 151 cm³/mol. The Hall–Kier alpha value is -4.83. The summed E-state index contributed by atoms with van der Waals surface area (Å²) in [6.45, 7) is 4.73. The number of carbonyl (C=O) groups excluding carboxylic acids is 4. The van der Waals surface area contributed by atoms with Crippen molar-refractivity contribution < 1.29 is 43.4 Å². The molecular formula is C26H37N7O10. The number of aromatic nitrogens is 2. The fourth-order valence-corrected chi connectivity index (χ4v) is 3.96. The molecule has 1 aromatic carbocycles. The van der Waals surface area contributed by atoms with Crippen molar-refractivity contribution in [2.24, 2.45) is 0 Å². The first-order valence-electron chi connectivity index (χ1n) is 13.8. The van der Waals surface area contributed by atoms with Crippen LogP contribution < -0.4 is 21.3 Å². The fourth-order valence-electron chi connectivity index (χ4n) is 3.96. The highest BCUT2D eigenvalue weighted by Crippen LogP contribution is 2.28. The van der Waals surface area contributed by atoms with Gasteiger partial charge < -0.3 is 31.1 Å². The molecule has 0 saturated carbocycles. The van der Waals surface area contributed by atoms with Crippen molar-refractivity contribution >= 4 is 52.1 Å². The number of unbranched alkanes of at least 4 members (excludes halogenated alkanes) is 3. The molecule has 2 aromatic rings. The van der Waals surface area contributed by atoms with Crippen LogP contribution in [0.4, 0.5) is 11.4 Å². The summed E-state index contributed by atoms with van der Waals surface area (Å²) in [4.78, 5) is 69.6. The number of nitrogens with zero attached hydrogens (tertiary/aromatic N) is 3. The largest absolute Gasteiger partial charge is 0.479 e. The van der Waals surface area contributed by atoms with E-state index in [1.54, 1.807) is 6.07 Å². The van der Waals surface area contributed by atoms with E-state index in [9.17, 15) is 34.1 Å². The van der Waals surface area contributed by atoms with Crippen LogP contribution in [-0.4, -0.2) is 81.3 Å². The minimum atomic E-state index is -1.37. The predicted octanol–water partition coefficient (Wildman–Crippen LogP) is 1.42. The Balaban J connectivity index is 1.62. The molecule has 17 heteroatoms. The lowest BCUT2D eigenvalue weighted by Gasteiger charge is -2.21. The van der Waals surface area contributed by atoms with Crippen LogP contribution in [0.5, 0.6) is 0 Å². The van der Waals surface area contributed by atoms with Crippen molar-refractivity contribution in [1.29, 1.82) is 0 Å². The SMILES string of the molecule is CC(=O)N[C@@H](CCCCNC(=O)CCCCCNc1ccc([N+](=O)[O-])c2nonc12)C(=O)N[C@H](C)C(=O)O[C@H](C)C(=O)O. The van der Waals surface area contributed by atoms with Crippen LogP contribution in [0.1, 0.15) is 65.7 Å². The number of fused-ring (bicyclic) bond motifs is 1. The molecule has 1 heterocycles. The molecule has 236 valence electrons. The van der Waals surface area contributed by atoms with Crippen LogP contribution in [0.25, 0.3) is 11.0 Å². The Morgan fingerprint density at radius 2 is 1.70 bits per heavy atom. The molecule has 0 radical (unpaired) electrons. The molecular weight excluding hydrogens is 570 g/mol. The number of anilines is 1. The number of nitro groups is 1. The first-order valence-corrected chi connectivity index (χ1v) is 13.8. The quantitative estimate of drug-likeness (QED) is 0.0657. The molecule has 0 fully saturated rings. The van der Waals surface area contributed by atoms with Crippen molar-refractivity contribution in [3.05, 3.63) is 22.2 Å². The summed E-state index contributed by atoms with van der Waals surface area (Å²) < 4.78 is 9.38. The van der Waals surface area contributed by atoms with Gasteiger partial charge in [0.05, 0.1) is 10.6 Å². The maximum absolute atomic E-state index is 12.6. The third-order valence-corrected chi connectivity index (χ3v) is 6.28. The van der Waals surface area contributed by atoms with Crippen molar-refractivity contribution in [2.45, 2.75) is 83.9 Å². The van der Waals surface area contributed by atoms with Gasteiger partial charge in [0.1, 0.15) is 12.1 Å². The minimum absolute atomic E-state index is 0.0708. The number of ether oxygens (including phenoxy) is 1. The summed E-state index contributed by atoms with van der Waals surface area (Å²) in [5, 5.41) is 38.1. The standard InChI is InChI=1S/C26H37N7O10/c1-15(26(39)42-16(2)25(37)38)29-24(36)19(30-17(3)34)9-6-8-14-28-21(35)10-5-4-7-13-27-18-11-12-20(33(40)41)23-22(18)31-43-32-23/h11-12,15-16,19,27H,4-10,13-14H2,1-3H3,(H,28,35)(H,29,36)(H,30,34)(H,37,38)/t15-,16-,19+/m1/s1. The number of aliphatic carboxylic acids is 1. The summed E-state index contributed by atoms with van der Waals surface area (Å²) in [7, 11) is 0. The lowest BCUT2D eigenvalue weighted by molar-refractivity contribution is -0.383. The van der Waals surface area contributed by atoms with E-state index in [1.165, 1.54) is 26.8 Å². The maximum Gasteiger partial charge on any atom is 0.344 e. The first kappa shape index (κ1) is 34.4. The highest BCUT2D eigenvalue weighted by molar-refractivity contribution is 5.93. The third kappa shape index (κ3) is 11.5. The number of carbonyl (C=O) groups is 5. The van der Waals surface area contributed by atoms with E-state index in [4.69, 9.17) is 9.84 Å². The number of amides is 3. The zero-order valence-corrected chi connectivity index (χ0v) is 24.2. The zero-order chi connectivity index (χ0) is 31.9. The number of non-ortho nitro benzene ring substituents is 1. The Labute approximate surface area is 246 Å². The van der Waals surface area contributed by atoms with Gasteiger partial charge in [0.25, 0.3) is 0 Å². The molecule has 0 aliphatic carbocycles. The highest BCUT2D eigenvalue weighted by atomic mass is 16.6. The van der Waals surface area contributed by atoms with E-state index in [1.807, 2.05) is 0 Å². The molecule has 3 atom stereocenters. The first-order chi connectivity index (χ1) is 20.4. The van der Waals surface area contributed by atoms with Crippen LogP contribution >= 0.6 is 0 Å². The average Bonchev–Trinajstić information content (AvgIpc) is 3.43. The van der Waals surface area contributed by atoms with E-state index in [2.05, 4.69) is 36.2 Å². The fraction of sp³-hybridized carbons (Fsp3) is 0.577.